The Balaban J connectivity index is 1.54. The zero-order valence-electron chi connectivity index (χ0n) is 15.0. The fourth-order valence-corrected chi connectivity index (χ4v) is 4.58. The van der Waals surface area contributed by atoms with Crippen LogP contribution in [0.5, 0.6) is 0 Å². The Morgan fingerprint density at radius 1 is 1.35 bits per heavy atom. The third-order valence-corrected chi connectivity index (χ3v) is 5.87. The summed E-state index contributed by atoms with van der Waals surface area (Å²) in [6.07, 6.45) is 3.42. The summed E-state index contributed by atoms with van der Waals surface area (Å²) in [6.45, 7) is 6.01. The average molecular weight is 371 g/mol. The van der Waals surface area contributed by atoms with Crippen molar-refractivity contribution in [1.82, 2.24) is 24.6 Å². The predicted octanol–water partition coefficient (Wildman–Crippen LogP) is 2.09. The lowest BCUT2D eigenvalue weighted by molar-refractivity contribution is -0.115. The molecular formula is C17H21N7OS. The number of hydrogen-bond acceptors (Lipinski definition) is 7. The van der Waals surface area contributed by atoms with Gasteiger partial charge in [0, 0.05) is 21.8 Å². The van der Waals surface area contributed by atoms with Gasteiger partial charge in [-0.25, -0.2) is 9.97 Å². The second-order valence-corrected chi connectivity index (χ2v) is 7.99. The van der Waals surface area contributed by atoms with Crippen LogP contribution in [-0.2, 0) is 24.1 Å². The Kier molecular flexibility index (Phi) is 4.10. The van der Waals surface area contributed by atoms with Crippen LogP contribution in [0.4, 0.5) is 11.1 Å². The topological polar surface area (TPSA) is 111 Å². The minimum absolute atomic E-state index is 0.107. The Hall–Kier alpha value is -2.55. The quantitative estimate of drug-likeness (QED) is 0.729. The molecule has 0 saturated carbocycles. The van der Waals surface area contributed by atoms with Crippen LogP contribution in [0.15, 0.2) is 0 Å². The number of anilines is 2. The highest BCUT2D eigenvalue weighted by Crippen LogP contribution is 2.32. The van der Waals surface area contributed by atoms with Gasteiger partial charge in [-0.05, 0) is 39.0 Å². The summed E-state index contributed by atoms with van der Waals surface area (Å²) in [5, 5.41) is 7.76. The van der Waals surface area contributed by atoms with Crippen LogP contribution in [-0.4, -0.2) is 30.5 Å². The molecule has 4 rings (SSSR count). The maximum absolute atomic E-state index is 12.6. The van der Waals surface area contributed by atoms with Gasteiger partial charge in [0.05, 0.1) is 12.1 Å². The molecule has 0 radical (unpaired) electrons. The summed E-state index contributed by atoms with van der Waals surface area (Å²) in [5.41, 5.74) is 9.19. The van der Waals surface area contributed by atoms with E-state index in [0.717, 1.165) is 41.9 Å². The van der Waals surface area contributed by atoms with Crippen LogP contribution < -0.4 is 11.1 Å². The molecule has 9 heteroatoms. The van der Waals surface area contributed by atoms with Crippen molar-refractivity contribution in [3.05, 3.63) is 27.5 Å². The molecular weight excluding hydrogens is 350 g/mol. The lowest BCUT2D eigenvalue weighted by Gasteiger charge is -2.15. The minimum Gasteiger partial charge on any atom is -0.366 e. The summed E-state index contributed by atoms with van der Waals surface area (Å²) in [4.78, 5) is 26.9. The van der Waals surface area contributed by atoms with Crippen LogP contribution in [0.25, 0.3) is 5.78 Å². The smallest absolute Gasteiger partial charge is 0.254 e. The van der Waals surface area contributed by atoms with E-state index in [2.05, 4.69) is 32.3 Å². The predicted molar refractivity (Wildman–Crippen MR) is 100 cm³/mol. The van der Waals surface area contributed by atoms with Gasteiger partial charge in [0.15, 0.2) is 5.13 Å². The minimum atomic E-state index is -0.107. The summed E-state index contributed by atoms with van der Waals surface area (Å²) in [6, 6.07) is 0. The third-order valence-electron chi connectivity index (χ3n) is 4.84. The van der Waals surface area contributed by atoms with Crippen molar-refractivity contribution in [3.63, 3.8) is 0 Å². The number of fused-ring (bicyclic) bond motifs is 2. The van der Waals surface area contributed by atoms with Gasteiger partial charge in [-0.3, -0.25) is 4.79 Å². The number of nitrogens with one attached hydrogen (secondary N) is 1. The molecule has 0 bridgehead atoms. The van der Waals surface area contributed by atoms with Crippen molar-refractivity contribution in [2.45, 2.75) is 46.5 Å². The molecule has 0 fully saturated rings. The average Bonchev–Trinajstić information content (AvgIpc) is 3.13. The van der Waals surface area contributed by atoms with Gasteiger partial charge < -0.3 is 11.1 Å². The maximum atomic E-state index is 12.6. The van der Waals surface area contributed by atoms with Gasteiger partial charge in [0.1, 0.15) is 0 Å². The van der Waals surface area contributed by atoms with Crippen molar-refractivity contribution in [2.75, 3.05) is 11.1 Å². The molecule has 1 atom stereocenters. The lowest BCUT2D eigenvalue weighted by Crippen LogP contribution is -2.17. The number of nitrogens with zero attached hydrogens (tertiary/aromatic N) is 5. The van der Waals surface area contributed by atoms with Crippen LogP contribution in [0.2, 0.25) is 0 Å². The number of carbonyl (C=O) groups excluding carboxylic acids is 1. The van der Waals surface area contributed by atoms with E-state index >= 15 is 0 Å². The summed E-state index contributed by atoms with van der Waals surface area (Å²) < 4.78 is 1.58. The first-order valence-electron chi connectivity index (χ1n) is 8.67. The van der Waals surface area contributed by atoms with E-state index in [4.69, 9.17) is 5.73 Å². The number of aromatic nitrogens is 5. The molecule has 1 aliphatic carbocycles. The third kappa shape index (κ3) is 3.03. The molecule has 1 unspecified atom stereocenters. The van der Waals surface area contributed by atoms with Crippen LogP contribution in [0, 0.1) is 19.8 Å². The van der Waals surface area contributed by atoms with Crippen molar-refractivity contribution in [3.8, 4) is 0 Å². The van der Waals surface area contributed by atoms with Gasteiger partial charge >= 0.3 is 0 Å². The molecule has 8 nitrogen and oxygen atoms in total. The first-order chi connectivity index (χ1) is 12.4. The Morgan fingerprint density at radius 2 is 2.15 bits per heavy atom. The second kappa shape index (κ2) is 6.31. The van der Waals surface area contributed by atoms with Crippen molar-refractivity contribution in [1.29, 1.82) is 0 Å². The molecule has 3 heterocycles. The zero-order valence-corrected chi connectivity index (χ0v) is 15.9. The van der Waals surface area contributed by atoms with Crippen LogP contribution in [0.3, 0.4) is 0 Å². The Bertz CT molecular complexity index is 1010. The number of rotatable bonds is 3. The number of thiazole rings is 1. The molecule has 0 spiro atoms. The lowest BCUT2D eigenvalue weighted by atomic mass is 9.93. The fourth-order valence-electron chi connectivity index (χ4n) is 3.40. The van der Waals surface area contributed by atoms with Gasteiger partial charge in [-0.15, -0.1) is 16.4 Å². The maximum Gasteiger partial charge on any atom is 0.254 e. The van der Waals surface area contributed by atoms with Crippen LogP contribution >= 0.6 is 11.3 Å². The molecule has 3 N–H and O–H groups in total. The molecule has 3 aromatic rings. The van der Waals surface area contributed by atoms with Crippen molar-refractivity contribution in [2.24, 2.45) is 5.92 Å². The standard InChI is InChI=1S/C17H21N7OS/c1-8-4-5-12-13(6-8)26-17(20-12)21-14(25)7-11-9(2)19-16-22-15(18)23-24(16)10(11)3/h8H,4-7H2,1-3H3,(H2,18,23)(H,20,21,25). The number of amides is 1. The number of hydrogen-bond donors (Lipinski definition) is 2. The van der Waals surface area contributed by atoms with Crippen molar-refractivity contribution >= 4 is 34.1 Å². The zero-order chi connectivity index (χ0) is 18.4. The number of nitrogens with two attached hydrogens (primary N) is 1. The Labute approximate surface area is 154 Å². The molecule has 1 amide bonds. The molecule has 0 saturated heterocycles. The van der Waals surface area contributed by atoms with Gasteiger partial charge in [-0.1, -0.05) is 6.92 Å². The highest BCUT2D eigenvalue weighted by Gasteiger charge is 2.21. The van der Waals surface area contributed by atoms with Crippen molar-refractivity contribution < 1.29 is 4.79 Å². The SMILES string of the molecule is Cc1nc2nc(N)nn2c(C)c1CC(=O)Nc1nc2c(s1)CC(C)CC2. The molecule has 0 aromatic carbocycles. The molecule has 26 heavy (non-hydrogen) atoms. The number of nitrogen functional groups attached to an aromatic ring is 1. The highest BCUT2D eigenvalue weighted by molar-refractivity contribution is 7.15. The van der Waals surface area contributed by atoms with Crippen LogP contribution in [0.1, 0.15) is 40.9 Å². The first kappa shape index (κ1) is 16.9. The van der Waals surface area contributed by atoms with Gasteiger partial charge in [0.25, 0.3) is 5.78 Å². The number of carbonyl (C=O) groups is 1. The van der Waals surface area contributed by atoms with Gasteiger partial charge in [-0.2, -0.15) is 9.50 Å². The van der Waals surface area contributed by atoms with E-state index in [1.165, 1.54) is 4.88 Å². The van der Waals surface area contributed by atoms with E-state index in [1.54, 1.807) is 15.9 Å². The normalized spacial score (nSPS) is 16.7. The Morgan fingerprint density at radius 3 is 2.96 bits per heavy atom. The fraction of sp³-hybridized carbons (Fsp3) is 0.471. The summed E-state index contributed by atoms with van der Waals surface area (Å²) >= 11 is 1.59. The first-order valence-corrected chi connectivity index (χ1v) is 9.49. The largest absolute Gasteiger partial charge is 0.366 e. The molecule has 3 aromatic heterocycles. The van der Waals surface area contributed by atoms with E-state index in [1.807, 2.05) is 13.8 Å². The monoisotopic (exact) mass is 371 g/mol. The van der Waals surface area contributed by atoms with E-state index < -0.39 is 0 Å². The highest BCUT2D eigenvalue weighted by atomic mass is 32.1. The van der Waals surface area contributed by atoms with E-state index in [9.17, 15) is 4.79 Å². The second-order valence-electron chi connectivity index (χ2n) is 6.90. The van der Waals surface area contributed by atoms with E-state index in [0.29, 0.717) is 16.8 Å². The number of aryl methyl sites for hydroxylation is 3. The molecule has 1 aliphatic rings. The molecule has 136 valence electrons. The summed E-state index contributed by atoms with van der Waals surface area (Å²) in [7, 11) is 0. The molecule has 0 aliphatic heterocycles. The van der Waals surface area contributed by atoms with E-state index in [-0.39, 0.29) is 18.3 Å². The summed E-state index contributed by atoms with van der Waals surface area (Å²) in [5.74, 6) is 1.20. The van der Waals surface area contributed by atoms with Gasteiger partial charge in [0.2, 0.25) is 11.9 Å².